The number of hydrogen-bond donors (Lipinski definition) is 1. The Morgan fingerprint density at radius 3 is 2.62 bits per heavy atom. The summed E-state index contributed by atoms with van der Waals surface area (Å²) in [5, 5.41) is 8.89. The normalized spacial score (nSPS) is 12.6. The molecule has 1 unspecified atom stereocenters. The van der Waals surface area contributed by atoms with E-state index in [1.54, 1.807) is 0 Å². The molecule has 0 saturated heterocycles. The molecule has 1 atom stereocenters. The van der Waals surface area contributed by atoms with Gasteiger partial charge in [0.05, 0.1) is 5.69 Å². The lowest BCUT2D eigenvalue weighted by atomic mass is 9.99. The smallest absolute Gasteiger partial charge is 0.0596 e. The first-order valence-electron chi connectivity index (χ1n) is 7.50. The molecule has 21 heavy (non-hydrogen) atoms. The van der Waals surface area contributed by atoms with Gasteiger partial charge in [0, 0.05) is 30.2 Å². The fourth-order valence-electron chi connectivity index (χ4n) is 2.58. The van der Waals surface area contributed by atoms with E-state index in [1.165, 1.54) is 11.3 Å². The van der Waals surface area contributed by atoms with Gasteiger partial charge in [-0.05, 0) is 50.1 Å². The highest BCUT2D eigenvalue weighted by molar-refractivity contribution is 6.31. The molecular formula is C17H24ClN3. The van der Waals surface area contributed by atoms with Crippen molar-refractivity contribution in [3.63, 3.8) is 0 Å². The fraction of sp³-hybridized carbons (Fsp3) is 0.471. The van der Waals surface area contributed by atoms with E-state index in [-0.39, 0.29) is 6.04 Å². The van der Waals surface area contributed by atoms with E-state index in [2.05, 4.69) is 42.5 Å². The monoisotopic (exact) mass is 305 g/mol. The molecule has 1 aromatic heterocycles. The first-order chi connectivity index (χ1) is 10.0. The summed E-state index contributed by atoms with van der Waals surface area (Å²) >= 11 is 6.14. The molecule has 1 N–H and O–H groups in total. The van der Waals surface area contributed by atoms with Crippen molar-refractivity contribution in [1.29, 1.82) is 0 Å². The molecule has 114 valence electrons. The zero-order chi connectivity index (χ0) is 15.4. The van der Waals surface area contributed by atoms with Gasteiger partial charge in [-0.3, -0.25) is 4.68 Å². The number of halogens is 1. The molecule has 0 aliphatic rings. The van der Waals surface area contributed by atoms with Gasteiger partial charge in [-0.1, -0.05) is 30.7 Å². The molecule has 0 spiro atoms. The summed E-state index contributed by atoms with van der Waals surface area (Å²) in [5.74, 6) is 0. The van der Waals surface area contributed by atoms with Gasteiger partial charge < -0.3 is 5.32 Å². The van der Waals surface area contributed by atoms with Crippen LogP contribution < -0.4 is 5.32 Å². The van der Waals surface area contributed by atoms with Crippen molar-refractivity contribution in [3.05, 3.63) is 51.8 Å². The number of nitrogens with zero attached hydrogens (tertiary/aromatic N) is 2. The molecule has 0 amide bonds. The van der Waals surface area contributed by atoms with Crippen LogP contribution >= 0.6 is 11.6 Å². The number of aryl methyl sites for hydroxylation is 3. The number of aromatic nitrogens is 2. The average Bonchev–Trinajstić information content (AvgIpc) is 2.76. The standard InChI is InChI=1S/C17H24ClN3/c1-5-8-19-17(11-15-10-13(3)20-21(15)4)14-6-7-16(18)12(2)9-14/h6-7,9-10,17,19H,5,8,11H2,1-4H3. The van der Waals surface area contributed by atoms with E-state index in [1.807, 2.05) is 24.7 Å². The number of benzene rings is 1. The summed E-state index contributed by atoms with van der Waals surface area (Å²) in [6, 6.07) is 8.73. The lowest BCUT2D eigenvalue weighted by Crippen LogP contribution is -2.25. The van der Waals surface area contributed by atoms with Crippen molar-refractivity contribution < 1.29 is 0 Å². The van der Waals surface area contributed by atoms with Gasteiger partial charge >= 0.3 is 0 Å². The SMILES string of the molecule is CCCNC(Cc1cc(C)nn1C)c1ccc(Cl)c(C)c1. The van der Waals surface area contributed by atoms with Gasteiger partial charge in [0.15, 0.2) is 0 Å². The molecule has 0 aliphatic heterocycles. The molecule has 0 saturated carbocycles. The Morgan fingerprint density at radius 1 is 1.29 bits per heavy atom. The highest BCUT2D eigenvalue weighted by Gasteiger charge is 2.15. The summed E-state index contributed by atoms with van der Waals surface area (Å²) in [4.78, 5) is 0. The topological polar surface area (TPSA) is 29.9 Å². The Labute approximate surface area is 132 Å². The molecule has 2 aromatic rings. The van der Waals surface area contributed by atoms with E-state index in [9.17, 15) is 0 Å². The average molecular weight is 306 g/mol. The van der Waals surface area contributed by atoms with E-state index in [4.69, 9.17) is 11.6 Å². The van der Waals surface area contributed by atoms with E-state index < -0.39 is 0 Å². The Hall–Kier alpha value is -1.32. The second kappa shape index (κ2) is 7.10. The minimum atomic E-state index is 0.288. The Bertz CT molecular complexity index is 604. The number of nitrogens with one attached hydrogen (secondary N) is 1. The van der Waals surface area contributed by atoms with Crippen LogP contribution in [0.3, 0.4) is 0 Å². The maximum absolute atomic E-state index is 6.14. The van der Waals surface area contributed by atoms with Crippen molar-refractivity contribution in [3.8, 4) is 0 Å². The summed E-state index contributed by atoms with van der Waals surface area (Å²) < 4.78 is 1.97. The third kappa shape index (κ3) is 4.08. The third-order valence-electron chi connectivity index (χ3n) is 3.74. The van der Waals surface area contributed by atoms with Gasteiger partial charge in [-0.15, -0.1) is 0 Å². The molecule has 2 rings (SSSR count). The molecule has 0 fully saturated rings. The lowest BCUT2D eigenvalue weighted by molar-refractivity contribution is 0.512. The Balaban J connectivity index is 2.24. The van der Waals surface area contributed by atoms with Crippen LogP contribution in [0.1, 0.15) is 41.9 Å². The number of rotatable bonds is 6. The van der Waals surface area contributed by atoms with Gasteiger partial charge in [-0.25, -0.2) is 0 Å². The van der Waals surface area contributed by atoms with Crippen LogP contribution in [0.4, 0.5) is 0 Å². The van der Waals surface area contributed by atoms with Gasteiger partial charge in [0.2, 0.25) is 0 Å². The second-order valence-corrected chi connectivity index (χ2v) is 6.03. The predicted octanol–water partition coefficient (Wildman–Crippen LogP) is 3.97. The maximum atomic E-state index is 6.14. The molecule has 1 heterocycles. The zero-order valence-corrected chi connectivity index (χ0v) is 14.0. The number of hydrogen-bond acceptors (Lipinski definition) is 2. The second-order valence-electron chi connectivity index (χ2n) is 5.62. The zero-order valence-electron chi connectivity index (χ0n) is 13.3. The Kier molecular flexibility index (Phi) is 5.43. The minimum absolute atomic E-state index is 0.288. The van der Waals surface area contributed by atoms with Crippen LogP contribution in [0, 0.1) is 13.8 Å². The largest absolute Gasteiger partial charge is 0.310 e. The van der Waals surface area contributed by atoms with Crippen LogP contribution in [0.5, 0.6) is 0 Å². The van der Waals surface area contributed by atoms with Gasteiger partial charge in [0.1, 0.15) is 0 Å². The fourth-order valence-corrected chi connectivity index (χ4v) is 2.69. The maximum Gasteiger partial charge on any atom is 0.0596 e. The van der Waals surface area contributed by atoms with Gasteiger partial charge in [-0.2, -0.15) is 5.10 Å². The quantitative estimate of drug-likeness (QED) is 0.875. The molecule has 3 nitrogen and oxygen atoms in total. The first kappa shape index (κ1) is 16.1. The first-order valence-corrected chi connectivity index (χ1v) is 7.88. The predicted molar refractivity (Wildman–Crippen MR) is 88.9 cm³/mol. The summed E-state index contributed by atoms with van der Waals surface area (Å²) in [5.41, 5.74) is 4.71. The van der Waals surface area contributed by atoms with Crippen LogP contribution in [0.2, 0.25) is 5.02 Å². The van der Waals surface area contributed by atoms with Crippen LogP contribution in [0.25, 0.3) is 0 Å². The van der Waals surface area contributed by atoms with E-state index in [0.717, 1.165) is 35.7 Å². The molecule has 0 radical (unpaired) electrons. The van der Waals surface area contributed by atoms with Crippen molar-refractivity contribution in [1.82, 2.24) is 15.1 Å². The highest BCUT2D eigenvalue weighted by atomic mass is 35.5. The van der Waals surface area contributed by atoms with E-state index in [0.29, 0.717) is 0 Å². The molecule has 4 heteroatoms. The molecule has 0 aliphatic carbocycles. The van der Waals surface area contributed by atoms with Crippen molar-refractivity contribution in [2.24, 2.45) is 7.05 Å². The van der Waals surface area contributed by atoms with Crippen LogP contribution in [-0.4, -0.2) is 16.3 Å². The summed E-state index contributed by atoms with van der Waals surface area (Å²) in [6.07, 6.45) is 2.05. The van der Waals surface area contributed by atoms with Crippen LogP contribution in [-0.2, 0) is 13.5 Å². The summed E-state index contributed by atoms with van der Waals surface area (Å²) in [6.45, 7) is 7.27. The highest BCUT2D eigenvalue weighted by Crippen LogP contribution is 2.23. The molecule has 0 bridgehead atoms. The third-order valence-corrected chi connectivity index (χ3v) is 4.16. The van der Waals surface area contributed by atoms with Gasteiger partial charge in [0.25, 0.3) is 0 Å². The van der Waals surface area contributed by atoms with Crippen molar-refractivity contribution >= 4 is 11.6 Å². The van der Waals surface area contributed by atoms with Crippen LogP contribution in [0.15, 0.2) is 24.3 Å². The lowest BCUT2D eigenvalue weighted by Gasteiger charge is -2.20. The minimum Gasteiger partial charge on any atom is -0.310 e. The molecular weight excluding hydrogens is 282 g/mol. The van der Waals surface area contributed by atoms with E-state index >= 15 is 0 Å². The molecule has 1 aromatic carbocycles. The van der Waals surface area contributed by atoms with Crippen molar-refractivity contribution in [2.45, 2.75) is 39.7 Å². The summed E-state index contributed by atoms with van der Waals surface area (Å²) in [7, 11) is 2.01. The Morgan fingerprint density at radius 2 is 2.05 bits per heavy atom. The van der Waals surface area contributed by atoms with Crippen molar-refractivity contribution in [2.75, 3.05) is 6.54 Å².